The maximum atomic E-state index is 12.4. The molecule has 108 valence electrons. The van der Waals surface area contributed by atoms with E-state index in [4.69, 9.17) is 9.84 Å². The molecule has 0 fully saturated rings. The molecule has 0 aliphatic carbocycles. The summed E-state index contributed by atoms with van der Waals surface area (Å²) in [5.41, 5.74) is -0.802. The quantitative estimate of drug-likeness (QED) is 0.826. The lowest BCUT2D eigenvalue weighted by atomic mass is 10.1. The molecule has 0 aromatic rings. The van der Waals surface area contributed by atoms with Crippen LogP contribution in [0.25, 0.3) is 0 Å². The van der Waals surface area contributed by atoms with E-state index < -0.39 is 30.0 Å². The van der Waals surface area contributed by atoms with Crippen molar-refractivity contribution in [2.45, 2.75) is 64.5 Å². The van der Waals surface area contributed by atoms with E-state index in [1.165, 1.54) is 0 Å². The van der Waals surface area contributed by atoms with Gasteiger partial charge in [-0.2, -0.15) is 13.2 Å². The molecule has 0 saturated carbocycles. The van der Waals surface area contributed by atoms with Crippen molar-refractivity contribution in [3.63, 3.8) is 0 Å². The van der Waals surface area contributed by atoms with E-state index in [1.807, 2.05) is 5.32 Å². The summed E-state index contributed by atoms with van der Waals surface area (Å²) in [5.74, 6) is 0. The fourth-order valence-electron chi connectivity index (χ4n) is 1.31. The number of hydrogen-bond donors (Lipinski definition) is 2. The number of hydrogen-bond acceptors (Lipinski definition) is 3. The maximum Gasteiger partial charge on any atom is 0.416 e. The molecule has 0 radical (unpaired) electrons. The number of nitrogens with one attached hydrogen (secondary N) is 1. The summed E-state index contributed by atoms with van der Waals surface area (Å²) in [6.07, 6.45) is -7.92. The number of aliphatic hydroxyl groups is 1. The van der Waals surface area contributed by atoms with Crippen LogP contribution < -0.4 is 5.32 Å². The summed E-state index contributed by atoms with van der Waals surface area (Å²) < 4.78 is 42.0. The number of carbonyl (C=O) groups is 1. The van der Waals surface area contributed by atoms with Gasteiger partial charge >= 0.3 is 12.3 Å². The van der Waals surface area contributed by atoms with Gasteiger partial charge in [0.2, 0.25) is 0 Å². The molecule has 2 atom stereocenters. The monoisotopic (exact) mass is 271 g/mol. The second-order valence-corrected chi connectivity index (χ2v) is 5.03. The number of alkyl halides is 3. The fraction of sp³-hybridized carbons (Fsp3) is 0.909. The Kier molecular flexibility index (Phi) is 5.92. The number of amides is 1. The molecule has 18 heavy (non-hydrogen) atoms. The lowest BCUT2D eigenvalue weighted by molar-refractivity contribution is -0.212. The van der Waals surface area contributed by atoms with Gasteiger partial charge in [-0.25, -0.2) is 4.79 Å². The minimum absolute atomic E-state index is 0.0138. The Morgan fingerprint density at radius 3 is 2.17 bits per heavy atom. The lowest BCUT2D eigenvalue weighted by Gasteiger charge is -2.27. The Labute approximate surface area is 105 Å². The van der Waals surface area contributed by atoms with E-state index in [0.29, 0.717) is 6.42 Å². The Balaban J connectivity index is 4.59. The zero-order valence-electron chi connectivity index (χ0n) is 11.0. The van der Waals surface area contributed by atoms with Crippen molar-refractivity contribution in [1.82, 2.24) is 5.32 Å². The van der Waals surface area contributed by atoms with Gasteiger partial charge in [0.05, 0.1) is 6.04 Å². The van der Waals surface area contributed by atoms with Gasteiger partial charge in [-0.3, -0.25) is 0 Å². The van der Waals surface area contributed by atoms with E-state index in [2.05, 4.69) is 0 Å². The van der Waals surface area contributed by atoms with Crippen molar-refractivity contribution >= 4 is 6.09 Å². The lowest BCUT2D eigenvalue weighted by Crippen LogP contribution is -2.51. The van der Waals surface area contributed by atoms with E-state index in [9.17, 15) is 18.0 Å². The van der Waals surface area contributed by atoms with E-state index >= 15 is 0 Å². The minimum Gasteiger partial charge on any atom is -0.444 e. The molecule has 0 saturated heterocycles. The number of rotatable bonds is 4. The van der Waals surface area contributed by atoms with Crippen LogP contribution in [-0.4, -0.2) is 35.1 Å². The first-order valence-corrected chi connectivity index (χ1v) is 5.71. The molecule has 0 aromatic heterocycles. The molecule has 0 aromatic carbocycles. The highest BCUT2D eigenvalue weighted by Crippen LogP contribution is 2.24. The molecular formula is C11H20F3NO3. The van der Waals surface area contributed by atoms with E-state index in [1.54, 1.807) is 27.7 Å². The summed E-state index contributed by atoms with van der Waals surface area (Å²) >= 11 is 0. The smallest absolute Gasteiger partial charge is 0.416 e. The van der Waals surface area contributed by atoms with E-state index in [-0.39, 0.29) is 6.42 Å². The molecule has 0 heterocycles. The standard InChI is InChI=1S/C11H20F3NO3/c1-5-6-7(8(16)11(12,13)14)15-9(17)18-10(2,3)4/h7-8,16H,5-6H2,1-4H3,(H,15,17). The highest BCUT2D eigenvalue weighted by atomic mass is 19.4. The van der Waals surface area contributed by atoms with Gasteiger partial charge in [0.1, 0.15) is 5.60 Å². The van der Waals surface area contributed by atoms with Gasteiger partial charge in [-0.05, 0) is 27.2 Å². The molecule has 0 spiro atoms. The Morgan fingerprint density at radius 1 is 1.33 bits per heavy atom. The van der Waals surface area contributed by atoms with Crippen LogP contribution in [0.5, 0.6) is 0 Å². The van der Waals surface area contributed by atoms with Gasteiger partial charge in [-0.15, -0.1) is 0 Å². The van der Waals surface area contributed by atoms with Crippen LogP contribution in [0.2, 0.25) is 0 Å². The van der Waals surface area contributed by atoms with Gasteiger partial charge < -0.3 is 15.2 Å². The van der Waals surface area contributed by atoms with Crippen LogP contribution in [0.1, 0.15) is 40.5 Å². The van der Waals surface area contributed by atoms with Gasteiger partial charge in [0, 0.05) is 0 Å². The molecule has 0 aliphatic heterocycles. The Bertz CT molecular complexity index is 274. The van der Waals surface area contributed by atoms with Crippen molar-refractivity contribution in [3.05, 3.63) is 0 Å². The van der Waals surface area contributed by atoms with Gasteiger partial charge in [-0.1, -0.05) is 13.3 Å². The summed E-state index contributed by atoms with van der Waals surface area (Å²) in [4.78, 5) is 11.4. The SMILES string of the molecule is CCCC(NC(=O)OC(C)(C)C)C(O)C(F)(F)F. The maximum absolute atomic E-state index is 12.4. The Morgan fingerprint density at radius 2 is 1.83 bits per heavy atom. The second kappa shape index (κ2) is 6.26. The van der Waals surface area contributed by atoms with Crippen molar-refractivity contribution in [2.24, 2.45) is 0 Å². The number of ether oxygens (including phenoxy) is 1. The molecular weight excluding hydrogens is 251 g/mol. The molecule has 1 amide bonds. The highest BCUT2D eigenvalue weighted by molar-refractivity contribution is 5.68. The highest BCUT2D eigenvalue weighted by Gasteiger charge is 2.44. The summed E-state index contributed by atoms with van der Waals surface area (Å²) in [6.45, 7) is 6.46. The topological polar surface area (TPSA) is 58.6 Å². The van der Waals surface area contributed by atoms with Gasteiger partial charge in [0.25, 0.3) is 0 Å². The number of alkyl carbamates (subject to hydrolysis) is 1. The van der Waals surface area contributed by atoms with Crippen molar-refractivity contribution in [2.75, 3.05) is 0 Å². The zero-order valence-corrected chi connectivity index (χ0v) is 11.0. The Hall–Kier alpha value is -0.980. The molecule has 0 rings (SSSR count). The summed E-state index contributed by atoms with van der Waals surface area (Å²) in [5, 5.41) is 11.2. The first-order chi connectivity index (χ1) is 7.97. The van der Waals surface area contributed by atoms with Crippen LogP contribution in [-0.2, 0) is 4.74 Å². The third-order valence-corrected chi connectivity index (χ3v) is 2.02. The molecule has 2 N–H and O–H groups in total. The van der Waals surface area contributed by atoms with Crippen LogP contribution >= 0.6 is 0 Å². The van der Waals surface area contributed by atoms with Crippen LogP contribution in [0, 0.1) is 0 Å². The third kappa shape index (κ3) is 6.68. The third-order valence-electron chi connectivity index (χ3n) is 2.02. The number of halogens is 3. The number of carbonyl (C=O) groups excluding carboxylic acids is 1. The fourth-order valence-corrected chi connectivity index (χ4v) is 1.31. The second-order valence-electron chi connectivity index (χ2n) is 5.03. The van der Waals surface area contributed by atoms with Crippen molar-refractivity contribution in [3.8, 4) is 0 Å². The molecule has 0 aliphatic rings. The first kappa shape index (κ1) is 17.0. The van der Waals surface area contributed by atoms with Crippen LogP contribution in [0.4, 0.5) is 18.0 Å². The molecule has 4 nitrogen and oxygen atoms in total. The predicted octanol–water partition coefficient (Wildman–Crippen LogP) is 2.60. The minimum atomic E-state index is -4.77. The summed E-state index contributed by atoms with van der Waals surface area (Å²) in [7, 11) is 0. The van der Waals surface area contributed by atoms with Crippen molar-refractivity contribution in [1.29, 1.82) is 0 Å². The summed E-state index contributed by atoms with van der Waals surface area (Å²) in [6, 6.07) is -1.40. The van der Waals surface area contributed by atoms with Crippen molar-refractivity contribution < 1.29 is 27.8 Å². The van der Waals surface area contributed by atoms with Crippen LogP contribution in [0.15, 0.2) is 0 Å². The average Bonchev–Trinajstić information content (AvgIpc) is 2.11. The largest absolute Gasteiger partial charge is 0.444 e. The first-order valence-electron chi connectivity index (χ1n) is 5.71. The molecule has 7 heteroatoms. The number of aliphatic hydroxyl groups excluding tert-OH is 1. The predicted molar refractivity (Wildman–Crippen MR) is 60.1 cm³/mol. The zero-order chi connectivity index (χ0) is 14.6. The normalized spacial score (nSPS) is 16.0. The van der Waals surface area contributed by atoms with Gasteiger partial charge in [0.15, 0.2) is 6.10 Å². The van der Waals surface area contributed by atoms with E-state index in [0.717, 1.165) is 0 Å². The average molecular weight is 271 g/mol. The molecule has 0 bridgehead atoms. The van der Waals surface area contributed by atoms with Crippen LogP contribution in [0.3, 0.4) is 0 Å². The molecule has 2 unspecified atom stereocenters.